The van der Waals surface area contributed by atoms with Gasteiger partial charge in [0.15, 0.2) is 9.84 Å². The molecule has 0 unspecified atom stereocenters. The van der Waals surface area contributed by atoms with E-state index in [2.05, 4.69) is 16.0 Å². The molecule has 4 aromatic carbocycles. The number of nitrogens with one attached hydrogen (secondary N) is 3. The third-order valence-corrected chi connectivity index (χ3v) is 6.98. The molecule has 0 aliphatic rings. The van der Waals surface area contributed by atoms with Crippen molar-refractivity contribution in [1.82, 2.24) is 0 Å². The molecule has 37 heavy (non-hydrogen) atoms. The molecule has 0 aliphatic heterocycles. The fraction of sp³-hybridized carbons (Fsp3) is 0.0741. The largest absolute Gasteiger partial charge is 0.416 e. The zero-order chi connectivity index (χ0) is 26.5. The number of carbonyl (C=O) groups excluding carboxylic acids is 1. The van der Waals surface area contributed by atoms with Gasteiger partial charge in [-0.3, -0.25) is 0 Å². The highest BCUT2D eigenvalue weighted by atomic mass is 32.2. The lowest BCUT2D eigenvalue weighted by molar-refractivity contribution is -0.137. The summed E-state index contributed by atoms with van der Waals surface area (Å²) >= 11 is 0. The summed E-state index contributed by atoms with van der Waals surface area (Å²) in [5.74, 6) is -0.241. The molecule has 0 atom stereocenters. The summed E-state index contributed by atoms with van der Waals surface area (Å²) in [5.41, 5.74) is 0.824. The summed E-state index contributed by atoms with van der Waals surface area (Å²) in [4.78, 5) is 12.7. The molecule has 0 heterocycles. The Morgan fingerprint density at radius 2 is 1.35 bits per heavy atom. The minimum absolute atomic E-state index is 0.0238. The lowest BCUT2D eigenvalue weighted by Crippen LogP contribution is -2.21. The number of urea groups is 1. The van der Waals surface area contributed by atoms with Crippen LogP contribution in [-0.4, -0.2) is 14.4 Å². The molecule has 2 amide bonds. The molecule has 10 heteroatoms. The Morgan fingerprint density at radius 1 is 0.703 bits per heavy atom. The van der Waals surface area contributed by atoms with Gasteiger partial charge in [-0.05, 0) is 54.1 Å². The van der Waals surface area contributed by atoms with Gasteiger partial charge in [-0.2, -0.15) is 13.2 Å². The Bertz CT molecular complexity index is 1490. The second kappa shape index (κ2) is 10.8. The van der Waals surface area contributed by atoms with Crippen molar-refractivity contribution in [1.29, 1.82) is 0 Å². The van der Waals surface area contributed by atoms with Crippen molar-refractivity contribution in [3.8, 4) is 0 Å². The molecule has 190 valence electrons. The van der Waals surface area contributed by atoms with E-state index < -0.39 is 27.6 Å². The second-order valence-electron chi connectivity index (χ2n) is 8.10. The maximum atomic E-state index is 13.1. The number of para-hydroxylation sites is 1. The van der Waals surface area contributed by atoms with Gasteiger partial charge in [0.25, 0.3) is 0 Å². The van der Waals surface area contributed by atoms with E-state index in [1.807, 2.05) is 6.07 Å². The average molecular weight is 526 g/mol. The molecule has 0 aromatic heterocycles. The van der Waals surface area contributed by atoms with Gasteiger partial charge in [0.2, 0.25) is 0 Å². The van der Waals surface area contributed by atoms with Crippen LogP contribution in [0.5, 0.6) is 0 Å². The molecule has 0 saturated heterocycles. The van der Waals surface area contributed by atoms with Crippen LogP contribution in [0, 0.1) is 0 Å². The number of hydrogen-bond acceptors (Lipinski definition) is 4. The van der Waals surface area contributed by atoms with Gasteiger partial charge in [-0.1, -0.05) is 54.6 Å². The normalized spacial score (nSPS) is 11.5. The molecule has 4 aromatic rings. The number of sulfone groups is 1. The van der Waals surface area contributed by atoms with Crippen molar-refractivity contribution >= 4 is 38.6 Å². The third-order valence-electron chi connectivity index (χ3n) is 5.30. The lowest BCUT2D eigenvalue weighted by atomic mass is 10.2. The molecule has 0 saturated carbocycles. The SMILES string of the molecule is O=C(Nc1cccc(C(F)(F)F)c1)Nc1cc(S(=O)(=O)Cc2ccccc2)ccc1Nc1ccccc1. The van der Waals surface area contributed by atoms with Crippen LogP contribution in [0.3, 0.4) is 0 Å². The summed E-state index contributed by atoms with van der Waals surface area (Å²) in [6, 6.07) is 25.3. The second-order valence-corrected chi connectivity index (χ2v) is 10.1. The highest BCUT2D eigenvalue weighted by Crippen LogP contribution is 2.32. The van der Waals surface area contributed by atoms with E-state index in [-0.39, 0.29) is 22.0 Å². The van der Waals surface area contributed by atoms with Gasteiger partial charge in [0.05, 0.1) is 27.6 Å². The molecule has 4 rings (SSSR count). The van der Waals surface area contributed by atoms with Gasteiger partial charge >= 0.3 is 12.2 Å². The first kappa shape index (κ1) is 25.8. The number of halogens is 3. The van der Waals surface area contributed by atoms with Crippen molar-refractivity contribution in [3.63, 3.8) is 0 Å². The summed E-state index contributed by atoms with van der Waals surface area (Å²) in [7, 11) is -3.77. The Hall–Kier alpha value is -4.31. The minimum Gasteiger partial charge on any atom is -0.354 e. The van der Waals surface area contributed by atoms with Crippen molar-refractivity contribution < 1.29 is 26.4 Å². The average Bonchev–Trinajstić information content (AvgIpc) is 2.85. The maximum Gasteiger partial charge on any atom is 0.416 e. The van der Waals surface area contributed by atoms with Gasteiger partial charge in [0.1, 0.15) is 0 Å². The van der Waals surface area contributed by atoms with Crippen LogP contribution in [0.1, 0.15) is 11.1 Å². The zero-order valence-electron chi connectivity index (χ0n) is 19.3. The third kappa shape index (κ3) is 6.89. The molecule has 0 radical (unpaired) electrons. The Labute approximate surface area is 212 Å². The maximum absolute atomic E-state index is 13.1. The number of carbonyl (C=O) groups is 1. The minimum atomic E-state index is -4.57. The number of anilines is 4. The van der Waals surface area contributed by atoms with E-state index in [1.165, 1.54) is 30.3 Å². The van der Waals surface area contributed by atoms with Crippen LogP contribution >= 0.6 is 0 Å². The van der Waals surface area contributed by atoms with Crippen molar-refractivity contribution in [2.24, 2.45) is 0 Å². The van der Waals surface area contributed by atoms with Crippen molar-refractivity contribution in [2.45, 2.75) is 16.8 Å². The van der Waals surface area contributed by atoms with Crippen LogP contribution in [0.2, 0.25) is 0 Å². The standard InChI is InChI=1S/C27H22F3N3O3S/c28-27(29,30)20-10-7-13-22(16-20)32-26(34)33-25-17-23(37(35,36)18-19-8-3-1-4-9-19)14-15-24(25)31-21-11-5-2-6-12-21/h1-17,31H,18H2,(H2,32,33,34). The van der Waals surface area contributed by atoms with Gasteiger partial charge in [-0.25, -0.2) is 13.2 Å². The number of amides is 2. The highest BCUT2D eigenvalue weighted by molar-refractivity contribution is 7.90. The van der Waals surface area contributed by atoms with Crippen LogP contribution in [0.25, 0.3) is 0 Å². The first-order valence-corrected chi connectivity index (χ1v) is 12.7. The van der Waals surface area contributed by atoms with Gasteiger partial charge in [0, 0.05) is 11.4 Å². The van der Waals surface area contributed by atoms with Crippen LogP contribution in [-0.2, 0) is 21.8 Å². The first-order chi connectivity index (χ1) is 17.6. The van der Waals surface area contributed by atoms with Crippen molar-refractivity contribution in [3.05, 3.63) is 114 Å². The monoisotopic (exact) mass is 525 g/mol. The summed E-state index contributed by atoms with van der Waals surface area (Å²) in [6.45, 7) is 0. The number of alkyl halides is 3. The fourth-order valence-electron chi connectivity index (χ4n) is 3.54. The molecule has 3 N–H and O–H groups in total. The van der Waals surface area contributed by atoms with E-state index in [0.29, 0.717) is 16.9 Å². The Balaban J connectivity index is 1.62. The number of benzene rings is 4. The predicted octanol–water partition coefficient (Wildman–Crippen LogP) is 7.07. The number of rotatable bonds is 7. The molecule has 6 nitrogen and oxygen atoms in total. The zero-order valence-corrected chi connectivity index (χ0v) is 20.1. The Kier molecular flexibility index (Phi) is 7.49. The molecular formula is C27H22F3N3O3S. The molecule has 0 spiro atoms. The van der Waals surface area contributed by atoms with E-state index in [9.17, 15) is 26.4 Å². The fourth-order valence-corrected chi connectivity index (χ4v) is 4.91. The first-order valence-electron chi connectivity index (χ1n) is 11.1. The summed E-state index contributed by atoms with van der Waals surface area (Å²) in [6.07, 6.45) is -4.57. The smallest absolute Gasteiger partial charge is 0.354 e. The summed E-state index contributed by atoms with van der Waals surface area (Å²) in [5, 5.41) is 8.03. The van der Waals surface area contributed by atoms with Gasteiger partial charge in [-0.15, -0.1) is 0 Å². The molecular weight excluding hydrogens is 503 g/mol. The topological polar surface area (TPSA) is 87.3 Å². The highest BCUT2D eigenvalue weighted by Gasteiger charge is 2.30. The molecule has 0 aliphatic carbocycles. The van der Waals surface area contributed by atoms with Gasteiger partial charge < -0.3 is 16.0 Å². The summed E-state index contributed by atoms with van der Waals surface area (Å²) < 4.78 is 65.2. The van der Waals surface area contributed by atoms with Crippen molar-refractivity contribution in [2.75, 3.05) is 16.0 Å². The number of hydrogen-bond donors (Lipinski definition) is 3. The predicted molar refractivity (Wildman–Crippen MR) is 138 cm³/mol. The van der Waals surface area contributed by atoms with Crippen LogP contribution in [0.15, 0.2) is 108 Å². The van der Waals surface area contributed by atoms with Crippen LogP contribution in [0.4, 0.5) is 40.7 Å². The molecule has 0 fully saturated rings. The Morgan fingerprint density at radius 3 is 2.03 bits per heavy atom. The van der Waals surface area contributed by atoms with E-state index in [0.717, 1.165) is 12.1 Å². The van der Waals surface area contributed by atoms with Crippen LogP contribution < -0.4 is 16.0 Å². The quantitative estimate of drug-likeness (QED) is 0.241. The van der Waals surface area contributed by atoms with E-state index in [1.54, 1.807) is 54.6 Å². The van der Waals surface area contributed by atoms with E-state index in [4.69, 9.17) is 0 Å². The van der Waals surface area contributed by atoms with E-state index >= 15 is 0 Å². The lowest BCUT2D eigenvalue weighted by Gasteiger charge is -2.16. The molecule has 0 bridgehead atoms.